The molecule has 0 amide bonds. The van der Waals surface area contributed by atoms with Crippen LogP contribution in [0.25, 0.3) is 0 Å². The lowest BCUT2D eigenvalue weighted by Crippen LogP contribution is -2.65. The van der Waals surface area contributed by atoms with Crippen molar-refractivity contribution in [1.82, 2.24) is 0 Å². The smallest absolute Gasteiger partial charge is 0.335 e. The Kier molecular flexibility index (Phi) is 4.23. The zero-order valence-corrected chi connectivity index (χ0v) is 19.3. The molecule has 5 aliphatic rings. The molecule has 6 heteroatoms. The molecule has 1 aliphatic heterocycles. The minimum absolute atomic E-state index is 0.0134. The molecule has 1 N–H and O–H groups in total. The van der Waals surface area contributed by atoms with Gasteiger partial charge in [0.05, 0.1) is 18.0 Å². The second kappa shape index (κ2) is 6.47. The van der Waals surface area contributed by atoms with Gasteiger partial charge in [0.25, 0.3) is 0 Å². The zero-order valence-electron chi connectivity index (χ0n) is 19.3. The van der Waals surface area contributed by atoms with Gasteiger partial charge in [0, 0.05) is 24.8 Å². The molecule has 1 saturated heterocycles. The van der Waals surface area contributed by atoms with Crippen LogP contribution in [0.1, 0.15) is 83.6 Å². The maximum atomic E-state index is 11.9. The summed E-state index contributed by atoms with van der Waals surface area (Å²) < 4.78 is 17.3. The van der Waals surface area contributed by atoms with Crippen LogP contribution in [0.4, 0.5) is 0 Å². The van der Waals surface area contributed by atoms with Gasteiger partial charge in [-0.25, -0.2) is 4.79 Å². The molecule has 6 rings (SSSR count). The number of epoxide rings is 1. The van der Waals surface area contributed by atoms with Crippen molar-refractivity contribution in [3.63, 3.8) is 0 Å². The van der Waals surface area contributed by atoms with Crippen LogP contribution in [-0.2, 0) is 14.3 Å². The first-order chi connectivity index (χ1) is 15.1. The van der Waals surface area contributed by atoms with Crippen molar-refractivity contribution < 1.29 is 23.8 Å². The molecule has 4 saturated carbocycles. The molecule has 6 nitrogen and oxygen atoms in total. The lowest BCUT2D eigenvalue weighted by molar-refractivity contribution is -0.227. The van der Waals surface area contributed by atoms with E-state index in [0.29, 0.717) is 24.2 Å². The quantitative estimate of drug-likeness (QED) is 0.551. The molecule has 2 heterocycles. The second-order valence-corrected chi connectivity index (χ2v) is 11.7. The first kappa shape index (κ1) is 20.9. The van der Waals surface area contributed by atoms with Crippen LogP contribution in [0.3, 0.4) is 0 Å². The summed E-state index contributed by atoms with van der Waals surface area (Å²) in [4.78, 5) is 23.0. The highest BCUT2D eigenvalue weighted by Crippen LogP contribution is 2.78. The van der Waals surface area contributed by atoms with E-state index in [1.165, 1.54) is 13.0 Å². The Balaban J connectivity index is 1.31. The summed E-state index contributed by atoms with van der Waals surface area (Å²) in [5.74, 6) is 0.915. The van der Waals surface area contributed by atoms with Crippen LogP contribution < -0.4 is 5.63 Å². The van der Waals surface area contributed by atoms with Crippen molar-refractivity contribution in [2.45, 2.75) is 101 Å². The van der Waals surface area contributed by atoms with Gasteiger partial charge in [-0.2, -0.15) is 0 Å². The number of ether oxygens (including phenoxy) is 2. The molecule has 0 unspecified atom stereocenters. The van der Waals surface area contributed by atoms with E-state index in [1.54, 1.807) is 6.26 Å². The third-order valence-electron chi connectivity index (χ3n) is 10.6. The summed E-state index contributed by atoms with van der Waals surface area (Å²) in [6.45, 7) is 6.12. The number of fused-ring (bicyclic) bond motifs is 3. The first-order valence-corrected chi connectivity index (χ1v) is 12.3. The number of hydrogen-bond donors (Lipinski definition) is 1. The predicted molar refractivity (Wildman–Crippen MR) is 116 cm³/mol. The summed E-state index contributed by atoms with van der Waals surface area (Å²) in [5, 5.41) is 11.9. The number of hydrogen-bond acceptors (Lipinski definition) is 6. The Morgan fingerprint density at radius 3 is 2.56 bits per heavy atom. The van der Waals surface area contributed by atoms with Gasteiger partial charge >= 0.3 is 11.6 Å². The minimum atomic E-state index is -0.790. The summed E-state index contributed by atoms with van der Waals surface area (Å²) in [5.41, 5.74) is -0.284. The fourth-order valence-corrected chi connectivity index (χ4v) is 9.05. The van der Waals surface area contributed by atoms with Gasteiger partial charge in [-0.1, -0.05) is 13.8 Å². The Morgan fingerprint density at radius 2 is 1.84 bits per heavy atom. The minimum Gasteiger partial charge on any atom is -0.462 e. The lowest BCUT2D eigenvalue weighted by atomic mass is 9.42. The maximum Gasteiger partial charge on any atom is 0.335 e. The van der Waals surface area contributed by atoms with Crippen molar-refractivity contribution in [3.05, 3.63) is 34.4 Å². The van der Waals surface area contributed by atoms with E-state index in [1.807, 2.05) is 6.07 Å². The highest BCUT2D eigenvalue weighted by atomic mass is 16.6. The third kappa shape index (κ3) is 2.48. The van der Waals surface area contributed by atoms with Crippen molar-refractivity contribution in [2.24, 2.45) is 22.7 Å². The predicted octanol–water partition coefficient (Wildman–Crippen LogP) is 3.94. The topological polar surface area (TPSA) is 89.3 Å². The van der Waals surface area contributed by atoms with Crippen LogP contribution in [0, 0.1) is 22.7 Å². The normalized spacial score (nSPS) is 51.1. The van der Waals surface area contributed by atoms with Gasteiger partial charge in [-0.15, -0.1) is 0 Å². The third-order valence-corrected chi connectivity index (χ3v) is 10.6. The fourth-order valence-electron chi connectivity index (χ4n) is 9.05. The molecule has 174 valence electrons. The van der Waals surface area contributed by atoms with Crippen LogP contribution in [0.5, 0.6) is 0 Å². The average Bonchev–Trinajstić information content (AvgIpc) is 3.39. The van der Waals surface area contributed by atoms with Crippen LogP contribution >= 0.6 is 0 Å². The van der Waals surface area contributed by atoms with Crippen molar-refractivity contribution >= 4 is 5.97 Å². The molecule has 32 heavy (non-hydrogen) atoms. The SMILES string of the molecule is CC(=O)O[C@@H]1CC[C@]2(C)[C@H]3CC[C@]4(C)[C@H](c5ccc(=O)oc5)C[C@H]5O[C@@]54[C@@H]3CC[C@]2(O)C1. The van der Waals surface area contributed by atoms with Gasteiger partial charge in [0.2, 0.25) is 0 Å². The van der Waals surface area contributed by atoms with Crippen LogP contribution in [-0.4, -0.2) is 34.5 Å². The maximum absolute atomic E-state index is 11.9. The second-order valence-electron chi connectivity index (χ2n) is 11.7. The average molecular weight is 443 g/mol. The number of carbonyl (C=O) groups excluding carboxylic acids is 1. The standard InChI is InChI=1S/C26H34O6/c1-15(27)31-17-6-9-23(2)18-7-10-24(3)20(16-4-5-22(28)30-14-16)12-21-26(24,32-21)19(18)8-11-25(23,29)13-17/h4-5,14,17-21,29H,6-13H2,1-3H3/t17-,18+,19-,20+,21-,23-,24-,25+,26+/m1/s1. The van der Waals surface area contributed by atoms with Crippen molar-refractivity contribution in [2.75, 3.05) is 0 Å². The lowest BCUT2D eigenvalue weighted by Gasteiger charge is -2.64. The van der Waals surface area contributed by atoms with E-state index in [9.17, 15) is 14.7 Å². The highest BCUT2D eigenvalue weighted by Gasteiger charge is 2.81. The van der Waals surface area contributed by atoms with Crippen LogP contribution in [0.15, 0.2) is 27.6 Å². The molecule has 0 aromatic carbocycles. The van der Waals surface area contributed by atoms with Gasteiger partial charge in [0.15, 0.2) is 0 Å². The number of carbonyl (C=O) groups is 1. The summed E-state index contributed by atoms with van der Waals surface area (Å²) >= 11 is 0. The van der Waals surface area contributed by atoms with Crippen molar-refractivity contribution in [3.8, 4) is 0 Å². The van der Waals surface area contributed by atoms with Crippen molar-refractivity contribution in [1.29, 1.82) is 0 Å². The Hall–Kier alpha value is -1.66. The summed E-state index contributed by atoms with van der Waals surface area (Å²) in [7, 11) is 0. The molecular formula is C26H34O6. The van der Waals surface area contributed by atoms with E-state index in [-0.39, 0.29) is 40.2 Å². The summed E-state index contributed by atoms with van der Waals surface area (Å²) in [6, 6.07) is 3.47. The molecule has 1 aromatic heterocycles. The summed E-state index contributed by atoms with van der Waals surface area (Å²) in [6.07, 6.45) is 8.77. The van der Waals surface area contributed by atoms with E-state index in [0.717, 1.165) is 50.5 Å². The molecule has 1 spiro atoms. The van der Waals surface area contributed by atoms with Gasteiger partial charge < -0.3 is 19.0 Å². The van der Waals surface area contributed by atoms with E-state index < -0.39 is 5.60 Å². The largest absolute Gasteiger partial charge is 0.462 e. The van der Waals surface area contributed by atoms with Gasteiger partial charge in [-0.05, 0) is 79.7 Å². The van der Waals surface area contributed by atoms with E-state index >= 15 is 0 Å². The first-order valence-electron chi connectivity index (χ1n) is 12.3. The Labute approximate surface area is 188 Å². The molecular weight excluding hydrogens is 408 g/mol. The number of esters is 1. The van der Waals surface area contributed by atoms with Gasteiger partial charge in [0.1, 0.15) is 11.7 Å². The molecule has 0 radical (unpaired) electrons. The highest BCUT2D eigenvalue weighted by molar-refractivity contribution is 5.66. The monoisotopic (exact) mass is 442 g/mol. The molecule has 1 aromatic rings. The molecule has 0 bridgehead atoms. The van der Waals surface area contributed by atoms with E-state index in [2.05, 4.69) is 13.8 Å². The van der Waals surface area contributed by atoms with E-state index in [4.69, 9.17) is 13.9 Å². The number of rotatable bonds is 2. The number of aliphatic hydroxyl groups is 1. The molecule has 9 atom stereocenters. The van der Waals surface area contributed by atoms with Gasteiger partial charge in [-0.3, -0.25) is 4.79 Å². The fraction of sp³-hybridized carbons (Fsp3) is 0.769. The Morgan fingerprint density at radius 1 is 1.09 bits per heavy atom. The molecule has 4 aliphatic carbocycles. The zero-order chi connectivity index (χ0) is 22.5. The molecule has 5 fully saturated rings. The Bertz CT molecular complexity index is 997. The van der Waals surface area contributed by atoms with Crippen LogP contribution in [0.2, 0.25) is 0 Å².